The first kappa shape index (κ1) is 24.6. The fraction of sp³-hybridized carbons (Fsp3) is 0.200. The van der Waals surface area contributed by atoms with Crippen LogP contribution in [0.5, 0.6) is 0 Å². The molecule has 1 atom stereocenters. The zero-order valence-corrected chi connectivity index (χ0v) is 20.6. The fourth-order valence-corrected chi connectivity index (χ4v) is 5.67. The molecule has 1 unspecified atom stereocenters. The summed E-state index contributed by atoms with van der Waals surface area (Å²) in [5, 5.41) is 8.78. The highest BCUT2D eigenvalue weighted by molar-refractivity contribution is 7.93. The summed E-state index contributed by atoms with van der Waals surface area (Å²) in [4.78, 5) is 25.9. The topological polar surface area (TPSA) is 108 Å². The van der Waals surface area contributed by atoms with Crippen LogP contribution in [0.3, 0.4) is 0 Å². The summed E-state index contributed by atoms with van der Waals surface area (Å²) in [7, 11) is -3.31. The van der Waals surface area contributed by atoms with E-state index in [9.17, 15) is 18.0 Å². The lowest BCUT2D eigenvalue weighted by Crippen LogP contribution is -2.39. The van der Waals surface area contributed by atoms with E-state index in [4.69, 9.17) is 11.6 Å². The third kappa shape index (κ3) is 5.93. The summed E-state index contributed by atoms with van der Waals surface area (Å²) >= 11 is 5.89. The monoisotopic (exact) mass is 512 g/mol. The van der Waals surface area contributed by atoms with E-state index in [1.54, 1.807) is 73.7 Å². The zero-order chi connectivity index (χ0) is 25.0. The molecule has 1 fully saturated rings. The van der Waals surface area contributed by atoms with Crippen molar-refractivity contribution in [2.45, 2.75) is 19.4 Å². The third-order valence-corrected chi connectivity index (χ3v) is 7.71. The average molecular weight is 513 g/mol. The Hall–Kier alpha value is -3.56. The first-order chi connectivity index (χ1) is 16.7. The molecular formula is C25H25ClN4O4S. The van der Waals surface area contributed by atoms with Crippen molar-refractivity contribution in [3.63, 3.8) is 0 Å². The maximum absolute atomic E-state index is 13.2. The SMILES string of the molecule is Cc1cc(NC(=O)C(NC(=O)Nc2ccc(Cl)cc2)c2ccccc2)ccc1N1CCCS1(=O)=O. The molecule has 1 aliphatic heterocycles. The molecule has 3 N–H and O–H groups in total. The fourth-order valence-electron chi connectivity index (χ4n) is 3.91. The van der Waals surface area contributed by atoms with Gasteiger partial charge in [-0.05, 0) is 66.9 Å². The molecule has 182 valence electrons. The molecule has 3 amide bonds. The largest absolute Gasteiger partial charge is 0.324 e. The number of anilines is 3. The number of aryl methyl sites for hydroxylation is 1. The summed E-state index contributed by atoms with van der Waals surface area (Å²) in [5.41, 5.74) is 2.95. The molecule has 10 heteroatoms. The van der Waals surface area contributed by atoms with Gasteiger partial charge in [-0.3, -0.25) is 9.10 Å². The first-order valence-corrected chi connectivity index (χ1v) is 13.0. The molecule has 35 heavy (non-hydrogen) atoms. The van der Waals surface area contributed by atoms with Crippen LogP contribution in [0.2, 0.25) is 5.02 Å². The number of carbonyl (C=O) groups excluding carboxylic acids is 2. The lowest BCUT2D eigenvalue weighted by atomic mass is 10.1. The van der Waals surface area contributed by atoms with E-state index in [2.05, 4.69) is 16.0 Å². The Morgan fingerprint density at radius 3 is 2.26 bits per heavy atom. The highest BCUT2D eigenvalue weighted by atomic mass is 35.5. The van der Waals surface area contributed by atoms with E-state index in [1.807, 2.05) is 6.07 Å². The smallest absolute Gasteiger partial charge is 0.320 e. The summed E-state index contributed by atoms with van der Waals surface area (Å²) in [6, 6.07) is 19.0. The molecule has 4 rings (SSSR count). The van der Waals surface area contributed by atoms with Crippen LogP contribution in [0.4, 0.5) is 21.9 Å². The predicted octanol–water partition coefficient (Wildman–Crippen LogP) is 4.69. The van der Waals surface area contributed by atoms with E-state index in [1.165, 1.54) is 4.31 Å². The Balaban J connectivity index is 1.51. The highest BCUT2D eigenvalue weighted by Gasteiger charge is 2.29. The molecular weight excluding hydrogens is 488 g/mol. The summed E-state index contributed by atoms with van der Waals surface area (Å²) in [6.45, 7) is 2.24. The lowest BCUT2D eigenvalue weighted by Gasteiger charge is -2.21. The Kier molecular flexibility index (Phi) is 7.28. The van der Waals surface area contributed by atoms with Crippen molar-refractivity contribution < 1.29 is 18.0 Å². The first-order valence-electron chi connectivity index (χ1n) is 11.0. The minimum absolute atomic E-state index is 0.132. The van der Waals surface area contributed by atoms with E-state index >= 15 is 0 Å². The van der Waals surface area contributed by atoms with Crippen LogP contribution >= 0.6 is 11.6 Å². The Bertz CT molecular complexity index is 1330. The van der Waals surface area contributed by atoms with Crippen molar-refractivity contribution in [1.29, 1.82) is 0 Å². The molecule has 1 saturated heterocycles. The molecule has 1 heterocycles. The number of amides is 3. The van der Waals surface area contributed by atoms with Crippen molar-refractivity contribution >= 4 is 50.6 Å². The van der Waals surface area contributed by atoms with E-state index < -0.39 is 28.0 Å². The number of hydrogen-bond donors (Lipinski definition) is 3. The number of halogens is 1. The number of carbonyl (C=O) groups is 2. The van der Waals surface area contributed by atoms with Crippen LogP contribution in [0.25, 0.3) is 0 Å². The Morgan fingerprint density at radius 1 is 0.943 bits per heavy atom. The van der Waals surface area contributed by atoms with Crippen molar-refractivity contribution in [3.05, 3.63) is 88.9 Å². The number of hydrogen-bond acceptors (Lipinski definition) is 4. The Morgan fingerprint density at radius 2 is 1.63 bits per heavy atom. The van der Waals surface area contributed by atoms with Crippen LogP contribution in [0.15, 0.2) is 72.8 Å². The van der Waals surface area contributed by atoms with Crippen molar-refractivity contribution in [2.24, 2.45) is 0 Å². The van der Waals surface area contributed by atoms with Gasteiger partial charge in [0.25, 0.3) is 5.91 Å². The third-order valence-electron chi connectivity index (χ3n) is 5.60. The molecule has 0 radical (unpaired) electrons. The average Bonchev–Trinajstić information content (AvgIpc) is 3.18. The van der Waals surface area contributed by atoms with Gasteiger partial charge >= 0.3 is 6.03 Å². The maximum Gasteiger partial charge on any atom is 0.320 e. The number of rotatable bonds is 6. The van der Waals surface area contributed by atoms with E-state index in [-0.39, 0.29) is 5.75 Å². The van der Waals surface area contributed by atoms with Crippen molar-refractivity contribution in [1.82, 2.24) is 5.32 Å². The van der Waals surface area contributed by atoms with Gasteiger partial charge in [0.05, 0.1) is 11.4 Å². The van der Waals surface area contributed by atoms with Gasteiger partial charge in [0.1, 0.15) is 6.04 Å². The van der Waals surface area contributed by atoms with Crippen LogP contribution in [0.1, 0.15) is 23.6 Å². The van der Waals surface area contributed by atoms with Crippen LogP contribution < -0.4 is 20.3 Å². The number of benzene rings is 3. The second-order valence-corrected chi connectivity index (χ2v) is 10.6. The summed E-state index contributed by atoms with van der Waals surface area (Å²) in [5.74, 6) is -0.309. The molecule has 1 aliphatic rings. The van der Waals surface area contributed by atoms with Gasteiger partial charge in [0.15, 0.2) is 0 Å². The van der Waals surface area contributed by atoms with Crippen LogP contribution in [-0.2, 0) is 14.8 Å². The predicted molar refractivity (Wildman–Crippen MR) is 138 cm³/mol. The normalized spacial score (nSPS) is 15.3. The Labute approximate surface area is 209 Å². The minimum Gasteiger partial charge on any atom is -0.324 e. The van der Waals surface area contributed by atoms with Crippen molar-refractivity contribution in [3.8, 4) is 0 Å². The number of nitrogens with one attached hydrogen (secondary N) is 3. The van der Waals surface area contributed by atoms with Crippen LogP contribution in [0, 0.1) is 6.92 Å². The molecule has 0 aromatic heterocycles. The van der Waals surface area contributed by atoms with Crippen LogP contribution in [-0.4, -0.2) is 32.7 Å². The molecule has 0 spiro atoms. The number of urea groups is 1. The molecule has 0 bridgehead atoms. The lowest BCUT2D eigenvalue weighted by molar-refractivity contribution is -0.118. The number of nitrogens with zero attached hydrogens (tertiary/aromatic N) is 1. The van der Waals surface area contributed by atoms with Gasteiger partial charge in [-0.15, -0.1) is 0 Å². The second-order valence-electron chi connectivity index (χ2n) is 8.18. The maximum atomic E-state index is 13.2. The second kappa shape index (κ2) is 10.4. The van der Waals surface area contributed by atoms with Crippen molar-refractivity contribution in [2.75, 3.05) is 27.2 Å². The minimum atomic E-state index is -3.31. The zero-order valence-electron chi connectivity index (χ0n) is 19.0. The van der Waals surface area contributed by atoms with Gasteiger partial charge in [-0.1, -0.05) is 41.9 Å². The summed E-state index contributed by atoms with van der Waals surface area (Å²) in [6.07, 6.45) is 0.586. The summed E-state index contributed by atoms with van der Waals surface area (Å²) < 4.78 is 26.0. The molecule has 0 aliphatic carbocycles. The van der Waals surface area contributed by atoms with Gasteiger partial charge in [-0.2, -0.15) is 0 Å². The molecule has 0 saturated carbocycles. The molecule has 3 aromatic rings. The quantitative estimate of drug-likeness (QED) is 0.445. The van der Waals surface area contributed by atoms with E-state index in [0.717, 1.165) is 5.56 Å². The standard InChI is InChI=1S/C25H25ClN4O4S/c1-17-16-21(12-13-22(17)30-14-5-15-35(30,33)34)27-24(31)23(18-6-3-2-4-7-18)29-25(32)28-20-10-8-19(26)9-11-20/h2-4,6-13,16,23H,5,14-15H2,1H3,(H,27,31)(H2,28,29,32). The van der Waals surface area contributed by atoms with Gasteiger partial charge in [-0.25, -0.2) is 13.2 Å². The van der Waals surface area contributed by atoms with Gasteiger partial charge < -0.3 is 16.0 Å². The van der Waals surface area contributed by atoms with Gasteiger partial charge in [0, 0.05) is 22.9 Å². The molecule has 3 aromatic carbocycles. The highest BCUT2D eigenvalue weighted by Crippen LogP contribution is 2.29. The van der Waals surface area contributed by atoms with Gasteiger partial charge in [0.2, 0.25) is 10.0 Å². The molecule has 8 nitrogen and oxygen atoms in total. The van der Waals surface area contributed by atoms with E-state index in [0.29, 0.717) is 40.6 Å². The number of sulfonamides is 1.